The van der Waals surface area contributed by atoms with Crippen LogP contribution >= 0.6 is 0 Å². The van der Waals surface area contributed by atoms with E-state index < -0.39 is 11.9 Å². The van der Waals surface area contributed by atoms with Crippen molar-refractivity contribution in [2.75, 3.05) is 31.2 Å². The number of aldehydes is 1. The number of morpholine rings is 1. The number of hydrogen-bond donors (Lipinski definition) is 1. The van der Waals surface area contributed by atoms with Crippen LogP contribution in [-0.2, 0) is 9.53 Å². The zero-order valence-electron chi connectivity index (χ0n) is 11.3. The number of amides is 1. The fourth-order valence-electron chi connectivity index (χ4n) is 2.23. The molecule has 0 aliphatic carbocycles. The first-order valence-corrected chi connectivity index (χ1v) is 6.54. The van der Waals surface area contributed by atoms with Gasteiger partial charge in [-0.15, -0.1) is 0 Å². The number of nitrogens with one attached hydrogen (secondary N) is 1. The van der Waals surface area contributed by atoms with Gasteiger partial charge in [0.25, 0.3) is 0 Å². The molecule has 1 heterocycles. The molecule has 6 heteroatoms. The Morgan fingerprint density at radius 3 is 3.05 bits per heavy atom. The van der Waals surface area contributed by atoms with Crippen LogP contribution in [0.1, 0.15) is 17.3 Å². The van der Waals surface area contributed by atoms with E-state index in [-0.39, 0.29) is 18.1 Å². The standard InChI is InChI=1S/C14H17FN2O3/c1-2-16-14(19)13-9-20-6-5-17(13)12-4-3-10(8-18)7-11(12)15/h3-4,7-8,13H,2,5-6,9H2,1H3,(H,16,19). The van der Waals surface area contributed by atoms with Crippen molar-refractivity contribution in [3.8, 4) is 0 Å². The number of likely N-dealkylation sites (N-methyl/N-ethyl adjacent to an activating group) is 1. The average molecular weight is 280 g/mol. The van der Waals surface area contributed by atoms with Crippen molar-refractivity contribution in [1.82, 2.24) is 5.32 Å². The summed E-state index contributed by atoms with van der Waals surface area (Å²) in [5, 5.41) is 2.72. The number of benzene rings is 1. The van der Waals surface area contributed by atoms with Crippen LogP contribution in [0.4, 0.5) is 10.1 Å². The molecule has 108 valence electrons. The van der Waals surface area contributed by atoms with Crippen LogP contribution < -0.4 is 10.2 Å². The predicted octanol–water partition coefficient (Wildman–Crippen LogP) is 0.979. The molecule has 0 saturated carbocycles. The van der Waals surface area contributed by atoms with Crippen LogP contribution in [0, 0.1) is 5.82 Å². The van der Waals surface area contributed by atoms with Gasteiger partial charge in [0, 0.05) is 18.7 Å². The average Bonchev–Trinajstić information content (AvgIpc) is 2.47. The highest BCUT2D eigenvalue weighted by atomic mass is 19.1. The maximum atomic E-state index is 14.1. The number of hydrogen-bond acceptors (Lipinski definition) is 4. The quantitative estimate of drug-likeness (QED) is 0.835. The van der Waals surface area contributed by atoms with Crippen molar-refractivity contribution in [1.29, 1.82) is 0 Å². The third-order valence-corrected chi connectivity index (χ3v) is 3.20. The van der Waals surface area contributed by atoms with Crippen LogP contribution in [0.3, 0.4) is 0 Å². The summed E-state index contributed by atoms with van der Waals surface area (Å²) in [6.07, 6.45) is 0.591. The summed E-state index contributed by atoms with van der Waals surface area (Å²) in [4.78, 5) is 24.3. The second-order valence-corrected chi connectivity index (χ2v) is 4.51. The Labute approximate surface area is 116 Å². The highest BCUT2D eigenvalue weighted by Gasteiger charge is 2.30. The molecule has 1 amide bonds. The van der Waals surface area contributed by atoms with Gasteiger partial charge in [0.05, 0.1) is 18.9 Å². The van der Waals surface area contributed by atoms with E-state index in [1.807, 2.05) is 6.92 Å². The third-order valence-electron chi connectivity index (χ3n) is 3.20. The number of rotatable bonds is 4. The van der Waals surface area contributed by atoms with Gasteiger partial charge >= 0.3 is 0 Å². The maximum Gasteiger partial charge on any atom is 0.245 e. The summed E-state index contributed by atoms with van der Waals surface area (Å²) >= 11 is 0. The molecule has 1 unspecified atom stereocenters. The number of nitrogens with zero attached hydrogens (tertiary/aromatic N) is 1. The lowest BCUT2D eigenvalue weighted by Gasteiger charge is -2.36. The van der Waals surface area contributed by atoms with Crippen LogP contribution in [0.2, 0.25) is 0 Å². The fourth-order valence-corrected chi connectivity index (χ4v) is 2.23. The Morgan fingerprint density at radius 2 is 2.40 bits per heavy atom. The lowest BCUT2D eigenvalue weighted by Crippen LogP contribution is -2.54. The topological polar surface area (TPSA) is 58.6 Å². The Kier molecular flexibility index (Phi) is 4.68. The number of carbonyl (C=O) groups is 2. The van der Waals surface area contributed by atoms with Crippen molar-refractivity contribution in [3.05, 3.63) is 29.6 Å². The van der Waals surface area contributed by atoms with Crippen LogP contribution in [-0.4, -0.2) is 44.5 Å². The van der Waals surface area contributed by atoms with Gasteiger partial charge in [-0.1, -0.05) is 0 Å². The van der Waals surface area contributed by atoms with E-state index in [0.29, 0.717) is 31.7 Å². The van der Waals surface area contributed by atoms with Gasteiger partial charge in [-0.2, -0.15) is 0 Å². The second kappa shape index (κ2) is 6.47. The Bertz CT molecular complexity index is 507. The van der Waals surface area contributed by atoms with Gasteiger partial charge in [-0.3, -0.25) is 9.59 Å². The first kappa shape index (κ1) is 14.5. The van der Waals surface area contributed by atoms with Crippen LogP contribution in [0.25, 0.3) is 0 Å². The monoisotopic (exact) mass is 280 g/mol. The molecule has 5 nitrogen and oxygen atoms in total. The van der Waals surface area contributed by atoms with E-state index in [2.05, 4.69) is 5.32 Å². The Balaban J connectivity index is 2.27. The molecule has 0 spiro atoms. The van der Waals surface area contributed by atoms with Crippen LogP contribution in [0.15, 0.2) is 18.2 Å². The first-order valence-electron chi connectivity index (χ1n) is 6.54. The molecule has 1 N–H and O–H groups in total. The number of ether oxygens (including phenoxy) is 1. The van der Waals surface area contributed by atoms with E-state index in [1.165, 1.54) is 18.2 Å². The minimum Gasteiger partial charge on any atom is -0.377 e. The summed E-state index contributed by atoms with van der Waals surface area (Å²) in [7, 11) is 0. The molecule has 1 aromatic rings. The van der Waals surface area contributed by atoms with E-state index in [0.717, 1.165) is 0 Å². The van der Waals surface area contributed by atoms with E-state index >= 15 is 0 Å². The van der Waals surface area contributed by atoms with E-state index in [9.17, 15) is 14.0 Å². The molecular formula is C14H17FN2O3. The molecule has 0 aromatic heterocycles. The molecule has 0 radical (unpaired) electrons. The summed E-state index contributed by atoms with van der Waals surface area (Å²) in [6, 6.07) is 3.68. The van der Waals surface area contributed by atoms with Crippen molar-refractivity contribution in [2.24, 2.45) is 0 Å². The fraction of sp³-hybridized carbons (Fsp3) is 0.429. The van der Waals surface area contributed by atoms with E-state index in [1.54, 1.807) is 4.90 Å². The molecule has 20 heavy (non-hydrogen) atoms. The zero-order valence-corrected chi connectivity index (χ0v) is 11.3. The molecule has 1 atom stereocenters. The van der Waals surface area contributed by atoms with Gasteiger partial charge in [-0.05, 0) is 25.1 Å². The van der Waals surface area contributed by atoms with E-state index in [4.69, 9.17) is 4.74 Å². The predicted molar refractivity (Wildman–Crippen MR) is 72.4 cm³/mol. The summed E-state index contributed by atoms with van der Waals surface area (Å²) in [5.41, 5.74) is 0.587. The van der Waals surface area contributed by atoms with Crippen molar-refractivity contribution in [3.63, 3.8) is 0 Å². The van der Waals surface area contributed by atoms with Gasteiger partial charge in [-0.25, -0.2) is 4.39 Å². The number of carbonyl (C=O) groups excluding carboxylic acids is 2. The van der Waals surface area contributed by atoms with Gasteiger partial charge < -0.3 is 15.0 Å². The molecular weight excluding hydrogens is 263 g/mol. The second-order valence-electron chi connectivity index (χ2n) is 4.51. The molecule has 0 bridgehead atoms. The Hall–Kier alpha value is -1.95. The number of anilines is 1. The SMILES string of the molecule is CCNC(=O)C1COCCN1c1ccc(C=O)cc1F. The van der Waals surface area contributed by atoms with Crippen molar-refractivity contribution < 1.29 is 18.7 Å². The summed E-state index contributed by atoms with van der Waals surface area (Å²) in [6.45, 7) is 3.42. The summed E-state index contributed by atoms with van der Waals surface area (Å²) < 4.78 is 19.4. The summed E-state index contributed by atoms with van der Waals surface area (Å²) in [5.74, 6) is -0.697. The molecule has 1 aliphatic heterocycles. The number of halogens is 1. The third kappa shape index (κ3) is 2.96. The normalized spacial score (nSPS) is 18.7. The minimum atomic E-state index is -0.555. The zero-order chi connectivity index (χ0) is 14.5. The Morgan fingerprint density at radius 1 is 1.60 bits per heavy atom. The smallest absolute Gasteiger partial charge is 0.245 e. The lowest BCUT2D eigenvalue weighted by atomic mass is 10.1. The lowest BCUT2D eigenvalue weighted by molar-refractivity contribution is -0.124. The van der Waals surface area contributed by atoms with Gasteiger partial charge in [0.1, 0.15) is 18.1 Å². The van der Waals surface area contributed by atoms with Crippen molar-refractivity contribution in [2.45, 2.75) is 13.0 Å². The largest absolute Gasteiger partial charge is 0.377 e. The molecule has 1 aromatic carbocycles. The van der Waals surface area contributed by atoms with Gasteiger partial charge in [0.2, 0.25) is 5.91 Å². The van der Waals surface area contributed by atoms with Crippen LogP contribution in [0.5, 0.6) is 0 Å². The molecule has 1 aliphatic rings. The maximum absolute atomic E-state index is 14.1. The van der Waals surface area contributed by atoms with Gasteiger partial charge in [0.15, 0.2) is 0 Å². The first-order chi connectivity index (χ1) is 9.67. The highest BCUT2D eigenvalue weighted by Crippen LogP contribution is 2.24. The molecule has 1 fully saturated rings. The molecule has 1 saturated heterocycles. The highest BCUT2D eigenvalue weighted by molar-refractivity contribution is 5.86. The minimum absolute atomic E-state index is 0.189. The molecule has 2 rings (SSSR count). The van der Waals surface area contributed by atoms with Crippen molar-refractivity contribution >= 4 is 17.9 Å².